The molecular formula is C13H11O2. The molecule has 0 amide bonds. The van der Waals surface area contributed by atoms with E-state index in [2.05, 4.69) is 0 Å². The molecule has 0 spiro atoms. The molecule has 75 valence electrons. The molecule has 0 heterocycles. The maximum atomic E-state index is 10.7. The van der Waals surface area contributed by atoms with Gasteiger partial charge >= 0.3 is 0 Å². The molecule has 0 saturated heterocycles. The molecule has 2 heteroatoms. The number of phenols is 1. The van der Waals surface area contributed by atoms with Gasteiger partial charge in [-0.05, 0) is 29.8 Å². The minimum Gasteiger partial charge on any atom is -0.508 e. The molecule has 15 heavy (non-hydrogen) atoms. The normalized spacial score (nSPS) is 10.9. The van der Waals surface area contributed by atoms with Crippen molar-refractivity contribution < 1.29 is 9.90 Å². The van der Waals surface area contributed by atoms with Gasteiger partial charge in [-0.25, -0.2) is 0 Å². The Balaban J connectivity index is 2.58. The zero-order valence-electron chi connectivity index (χ0n) is 8.13. The predicted molar refractivity (Wildman–Crippen MR) is 60.2 cm³/mol. The van der Waals surface area contributed by atoms with Crippen LogP contribution in [0.1, 0.15) is 5.56 Å². The first kappa shape index (κ1) is 11.0. The van der Waals surface area contributed by atoms with Crippen molar-refractivity contribution in [3.63, 3.8) is 0 Å². The van der Waals surface area contributed by atoms with E-state index in [0.717, 1.165) is 11.6 Å². The highest BCUT2D eigenvalue weighted by Gasteiger charge is 1.86. The lowest BCUT2D eigenvalue weighted by Crippen LogP contribution is -1.80. The molecule has 1 aromatic carbocycles. The number of aromatic hydroxyl groups is 1. The van der Waals surface area contributed by atoms with Gasteiger partial charge in [-0.1, -0.05) is 36.9 Å². The summed E-state index contributed by atoms with van der Waals surface area (Å²) in [5.41, 5.74) is 0.946. The third-order valence-electron chi connectivity index (χ3n) is 1.72. The minimum atomic E-state index is -0.231. The second-order valence-corrected chi connectivity index (χ2v) is 2.88. The summed E-state index contributed by atoms with van der Waals surface area (Å²) in [5, 5.41) is 9.03. The average molecular weight is 199 g/mol. The first-order chi connectivity index (χ1) is 7.22. The Morgan fingerprint density at radius 2 is 1.87 bits per heavy atom. The van der Waals surface area contributed by atoms with Crippen LogP contribution in [0.3, 0.4) is 0 Å². The highest BCUT2D eigenvalue weighted by atomic mass is 16.3. The summed E-state index contributed by atoms with van der Waals surface area (Å²) in [5.74, 6) is 0.000887. The van der Waals surface area contributed by atoms with E-state index in [1.165, 1.54) is 6.08 Å². The predicted octanol–water partition coefficient (Wildman–Crippen LogP) is 2.52. The van der Waals surface area contributed by atoms with Crippen molar-refractivity contribution in [2.45, 2.75) is 0 Å². The zero-order valence-corrected chi connectivity index (χ0v) is 8.13. The van der Waals surface area contributed by atoms with E-state index in [4.69, 9.17) is 11.7 Å². The lowest BCUT2D eigenvalue weighted by Gasteiger charge is -1.92. The van der Waals surface area contributed by atoms with E-state index in [-0.39, 0.29) is 11.5 Å². The topological polar surface area (TPSA) is 37.3 Å². The van der Waals surface area contributed by atoms with Gasteiger partial charge in [0, 0.05) is 0 Å². The largest absolute Gasteiger partial charge is 0.508 e. The highest BCUT2D eigenvalue weighted by molar-refractivity contribution is 5.98. The SMILES string of the molecule is [CH]=CC(=O)/C=C/C=C/c1ccc(O)cc1. The van der Waals surface area contributed by atoms with Crippen molar-refractivity contribution in [3.8, 4) is 5.75 Å². The lowest BCUT2D eigenvalue weighted by atomic mass is 10.2. The molecule has 0 aromatic heterocycles. The van der Waals surface area contributed by atoms with Crippen LogP contribution in [0.2, 0.25) is 0 Å². The fourth-order valence-electron chi connectivity index (χ4n) is 0.958. The molecule has 2 nitrogen and oxygen atoms in total. The van der Waals surface area contributed by atoms with Crippen molar-refractivity contribution >= 4 is 11.9 Å². The van der Waals surface area contributed by atoms with Crippen LogP contribution < -0.4 is 0 Å². The van der Waals surface area contributed by atoms with Gasteiger partial charge in [-0.3, -0.25) is 4.79 Å². The first-order valence-corrected chi connectivity index (χ1v) is 4.45. The van der Waals surface area contributed by atoms with E-state index in [1.54, 1.807) is 36.4 Å². The number of ketones is 1. The van der Waals surface area contributed by atoms with Crippen molar-refractivity contribution in [2.24, 2.45) is 0 Å². The lowest BCUT2D eigenvalue weighted by molar-refractivity contribution is -0.110. The fourth-order valence-corrected chi connectivity index (χ4v) is 0.958. The maximum absolute atomic E-state index is 10.7. The smallest absolute Gasteiger partial charge is 0.178 e. The van der Waals surface area contributed by atoms with E-state index >= 15 is 0 Å². The van der Waals surface area contributed by atoms with Gasteiger partial charge in [0.15, 0.2) is 5.78 Å². The van der Waals surface area contributed by atoms with Crippen molar-refractivity contribution in [1.82, 2.24) is 0 Å². The number of benzene rings is 1. The van der Waals surface area contributed by atoms with Crippen LogP contribution in [-0.4, -0.2) is 10.9 Å². The third kappa shape index (κ3) is 4.09. The second-order valence-electron chi connectivity index (χ2n) is 2.88. The van der Waals surface area contributed by atoms with E-state index in [9.17, 15) is 4.79 Å². The Morgan fingerprint density at radius 1 is 1.20 bits per heavy atom. The van der Waals surface area contributed by atoms with Gasteiger partial charge in [0.05, 0.1) is 0 Å². The van der Waals surface area contributed by atoms with Crippen LogP contribution in [0.15, 0.2) is 48.6 Å². The Kier molecular flexibility index (Phi) is 4.10. The standard InChI is InChI=1S/C13H11O2/c1-2-12(14)6-4-3-5-11-7-9-13(15)10-8-11/h1-10,15H/b2-1?,5-3+,6-4+. The summed E-state index contributed by atoms with van der Waals surface area (Å²) in [6.45, 7) is 5.00. The molecule has 0 bridgehead atoms. The number of hydrogen-bond acceptors (Lipinski definition) is 2. The quantitative estimate of drug-likeness (QED) is 0.597. The van der Waals surface area contributed by atoms with Gasteiger partial charge in [-0.2, -0.15) is 0 Å². The fraction of sp³-hybridized carbons (Fsp3) is 0. The Labute approximate surface area is 88.9 Å². The zero-order chi connectivity index (χ0) is 11.1. The summed E-state index contributed by atoms with van der Waals surface area (Å²) in [4.78, 5) is 10.7. The molecule has 1 radical (unpaired) electrons. The van der Waals surface area contributed by atoms with Crippen LogP contribution in [0.5, 0.6) is 5.75 Å². The van der Waals surface area contributed by atoms with E-state index in [1.807, 2.05) is 6.08 Å². The molecule has 0 aliphatic carbocycles. The van der Waals surface area contributed by atoms with Crippen molar-refractivity contribution in [1.29, 1.82) is 0 Å². The van der Waals surface area contributed by atoms with Gasteiger partial charge in [-0.15, -0.1) is 0 Å². The molecular weight excluding hydrogens is 188 g/mol. The van der Waals surface area contributed by atoms with Gasteiger partial charge in [0.25, 0.3) is 0 Å². The Morgan fingerprint density at radius 3 is 2.47 bits per heavy atom. The minimum absolute atomic E-state index is 0.231. The van der Waals surface area contributed by atoms with Crippen LogP contribution in [0.4, 0.5) is 0 Å². The molecule has 1 N–H and O–H groups in total. The molecule has 1 rings (SSSR count). The molecule has 0 unspecified atom stereocenters. The number of allylic oxidation sites excluding steroid dienone is 4. The van der Waals surface area contributed by atoms with Crippen LogP contribution in [-0.2, 0) is 4.79 Å². The van der Waals surface area contributed by atoms with Crippen LogP contribution >= 0.6 is 0 Å². The Bertz CT molecular complexity index is 397. The van der Waals surface area contributed by atoms with Gasteiger partial charge in [0.2, 0.25) is 0 Å². The summed E-state index contributed by atoms with van der Waals surface area (Å²) >= 11 is 0. The number of carbonyl (C=O) groups is 1. The maximum Gasteiger partial charge on any atom is 0.178 e. The summed E-state index contributed by atoms with van der Waals surface area (Å²) in [7, 11) is 0. The number of rotatable bonds is 4. The molecule has 0 fully saturated rings. The molecule has 0 saturated carbocycles. The van der Waals surface area contributed by atoms with Gasteiger partial charge < -0.3 is 5.11 Å². The monoisotopic (exact) mass is 199 g/mol. The Hall–Kier alpha value is -2.09. The summed E-state index contributed by atoms with van der Waals surface area (Å²) in [6.07, 6.45) is 7.54. The van der Waals surface area contributed by atoms with Crippen molar-refractivity contribution in [2.75, 3.05) is 0 Å². The molecule has 1 aromatic rings. The number of hydrogen-bond donors (Lipinski definition) is 1. The van der Waals surface area contributed by atoms with E-state index < -0.39 is 0 Å². The second kappa shape index (κ2) is 5.60. The molecule has 0 aliphatic rings. The van der Waals surface area contributed by atoms with E-state index in [0.29, 0.717) is 0 Å². The van der Waals surface area contributed by atoms with Crippen LogP contribution in [0, 0.1) is 6.58 Å². The number of phenolic OH excluding ortho intramolecular Hbond substituents is 1. The van der Waals surface area contributed by atoms with Crippen LogP contribution in [0.25, 0.3) is 6.08 Å². The average Bonchev–Trinajstić information content (AvgIpc) is 2.26. The third-order valence-corrected chi connectivity index (χ3v) is 1.72. The molecule has 0 aliphatic heterocycles. The summed E-state index contributed by atoms with van der Waals surface area (Å²) in [6, 6.07) is 6.75. The summed E-state index contributed by atoms with van der Waals surface area (Å²) < 4.78 is 0. The van der Waals surface area contributed by atoms with Crippen molar-refractivity contribution in [3.05, 3.63) is 60.7 Å². The highest BCUT2D eigenvalue weighted by Crippen LogP contribution is 2.10. The first-order valence-electron chi connectivity index (χ1n) is 4.45. The number of carbonyl (C=O) groups excluding carboxylic acids is 1. The molecule has 0 atom stereocenters. The van der Waals surface area contributed by atoms with Gasteiger partial charge in [0.1, 0.15) is 5.75 Å².